The Labute approximate surface area is 207 Å². The van der Waals surface area contributed by atoms with Crippen molar-refractivity contribution in [2.75, 3.05) is 39.1 Å². The molecule has 188 valence electrons. The molecule has 2 aromatic rings. The summed E-state index contributed by atoms with van der Waals surface area (Å²) in [4.78, 5) is 6.89. The summed E-state index contributed by atoms with van der Waals surface area (Å²) in [5, 5.41) is 21.7. The molecular formula is C27H39FN2O3S. The van der Waals surface area contributed by atoms with Crippen LogP contribution in [0.25, 0.3) is 10.9 Å². The van der Waals surface area contributed by atoms with E-state index in [-0.39, 0.29) is 18.6 Å². The summed E-state index contributed by atoms with van der Waals surface area (Å²) < 4.78 is 21.1. The number of hydrogen-bond acceptors (Lipinski definition) is 6. The van der Waals surface area contributed by atoms with E-state index in [0.29, 0.717) is 40.6 Å². The van der Waals surface area contributed by atoms with Gasteiger partial charge in [-0.3, -0.25) is 4.98 Å². The fourth-order valence-electron chi connectivity index (χ4n) is 5.58. The van der Waals surface area contributed by atoms with E-state index in [2.05, 4.69) is 21.6 Å². The second-order valence-electron chi connectivity index (χ2n) is 10.0. The fourth-order valence-corrected chi connectivity index (χ4v) is 6.94. The molecule has 7 heteroatoms. The number of pyridine rings is 1. The maximum Gasteiger partial charge on any atom is 0.126 e. The van der Waals surface area contributed by atoms with Crippen LogP contribution in [0.4, 0.5) is 4.39 Å². The van der Waals surface area contributed by atoms with Crippen LogP contribution >= 0.6 is 11.8 Å². The maximum absolute atomic E-state index is 15.7. The molecule has 0 spiro atoms. The van der Waals surface area contributed by atoms with Crippen molar-refractivity contribution < 1.29 is 19.3 Å². The van der Waals surface area contributed by atoms with Crippen LogP contribution in [0.2, 0.25) is 0 Å². The van der Waals surface area contributed by atoms with Gasteiger partial charge >= 0.3 is 0 Å². The summed E-state index contributed by atoms with van der Waals surface area (Å²) in [5.74, 6) is 1.83. The number of aromatic nitrogens is 1. The van der Waals surface area contributed by atoms with Gasteiger partial charge in [-0.25, -0.2) is 4.39 Å². The predicted octanol–water partition coefficient (Wildman–Crippen LogP) is 5.28. The van der Waals surface area contributed by atoms with E-state index in [1.165, 1.54) is 31.4 Å². The molecule has 1 aliphatic heterocycles. The minimum atomic E-state index is -1.23. The van der Waals surface area contributed by atoms with Crippen LogP contribution in [0.5, 0.6) is 5.75 Å². The van der Waals surface area contributed by atoms with Gasteiger partial charge in [0.15, 0.2) is 0 Å². The molecule has 2 N–H and O–H groups in total. The number of hydrogen-bond donors (Lipinski definition) is 2. The van der Waals surface area contributed by atoms with Crippen molar-refractivity contribution in [3.63, 3.8) is 0 Å². The van der Waals surface area contributed by atoms with Gasteiger partial charge in [-0.05, 0) is 75.2 Å². The second-order valence-corrected chi connectivity index (χ2v) is 11.4. The first-order valence-electron chi connectivity index (χ1n) is 12.7. The van der Waals surface area contributed by atoms with Gasteiger partial charge in [-0.15, -0.1) is 0 Å². The van der Waals surface area contributed by atoms with E-state index in [4.69, 9.17) is 4.74 Å². The zero-order chi connectivity index (χ0) is 24.0. The number of aliphatic hydroxyl groups is 2. The number of aliphatic hydroxyl groups excluding tert-OH is 2. The molecule has 5 nitrogen and oxygen atoms in total. The quantitative estimate of drug-likeness (QED) is 0.447. The molecule has 2 aliphatic rings. The molecule has 1 aromatic carbocycles. The highest BCUT2D eigenvalue weighted by Gasteiger charge is 2.35. The van der Waals surface area contributed by atoms with Gasteiger partial charge in [-0.1, -0.05) is 12.8 Å². The molecule has 1 saturated carbocycles. The maximum atomic E-state index is 15.7. The van der Waals surface area contributed by atoms with Gasteiger partial charge in [0, 0.05) is 46.9 Å². The number of benzene rings is 1. The molecule has 0 radical (unpaired) electrons. The standard InChI is InChI=1S/C27H39FN2O3S/c1-33-21-6-7-25-23(16-21)26(20(18-31)17-29-25)24(28)8-9-27(19-32)10-12-30(13-11-27)14-15-34-22-4-2-3-5-22/h6-7,16-17,22,24,31-32H,2-5,8-15,18-19H2,1H3/t24-/m1/s1. The summed E-state index contributed by atoms with van der Waals surface area (Å²) in [6.45, 7) is 2.90. The molecule has 1 saturated heterocycles. The summed E-state index contributed by atoms with van der Waals surface area (Å²) in [5.41, 5.74) is 1.48. The summed E-state index contributed by atoms with van der Waals surface area (Å²) in [6.07, 6.45) is 8.63. The summed E-state index contributed by atoms with van der Waals surface area (Å²) in [6, 6.07) is 5.43. The molecule has 1 aromatic heterocycles. The Hall–Kier alpha value is -1.41. The number of thioether (sulfide) groups is 1. The lowest BCUT2D eigenvalue weighted by Gasteiger charge is -2.41. The van der Waals surface area contributed by atoms with Crippen LogP contribution in [0.15, 0.2) is 24.4 Å². The molecule has 34 heavy (non-hydrogen) atoms. The highest BCUT2D eigenvalue weighted by Crippen LogP contribution is 2.41. The number of ether oxygens (including phenoxy) is 1. The Bertz CT molecular complexity index is 924. The summed E-state index contributed by atoms with van der Waals surface area (Å²) >= 11 is 2.13. The number of rotatable bonds is 11. The van der Waals surface area contributed by atoms with Crippen molar-refractivity contribution >= 4 is 22.7 Å². The van der Waals surface area contributed by atoms with Crippen molar-refractivity contribution in [3.05, 3.63) is 35.5 Å². The lowest BCUT2D eigenvalue weighted by atomic mass is 9.74. The van der Waals surface area contributed by atoms with Crippen LogP contribution in [0.3, 0.4) is 0 Å². The van der Waals surface area contributed by atoms with E-state index >= 15 is 4.39 Å². The SMILES string of the molecule is COc1ccc2ncc(CO)c([C@H](F)CCC3(CO)CCN(CCSC4CCCC4)CC3)c2c1. The number of fused-ring (bicyclic) bond motifs is 1. The first-order chi connectivity index (χ1) is 16.6. The lowest BCUT2D eigenvalue weighted by Crippen LogP contribution is -2.43. The normalized spacial score (nSPS) is 20.1. The molecule has 0 amide bonds. The van der Waals surface area contributed by atoms with E-state index in [0.717, 1.165) is 37.7 Å². The molecule has 0 unspecified atom stereocenters. The van der Waals surface area contributed by atoms with Crippen molar-refractivity contribution in [1.29, 1.82) is 0 Å². The third kappa shape index (κ3) is 6.04. The molecule has 4 rings (SSSR count). The van der Waals surface area contributed by atoms with E-state index in [1.54, 1.807) is 19.4 Å². The van der Waals surface area contributed by atoms with E-state index in [9.17, 15) is 10.2 Å². The van der Waals surface area contributed by atoms with Gasteiger partial charge < -0.3 is 19.8 Å². The zero-order valence-electron chi connectivity index (χ0n) is 20.3. The Balaban J connectivity index is 1.36. The Morgan fingerprint density at radius 3 is 2.68 bits per heavy atom. The molecular weight excluding hydrogens is 451 g/mol. The van der Waals surface area contributed by atoms with Crippen molar-refractivity contribution in [1.82, 2.24) is 9.88 Å². The largest absolute Gasteiger partial charge is 0.497 e. The molecule has 0 bridgehead atoms. The van der Waals surface area contributed by atoms with Crippen LogP contribution < -0.4 is 4.74 Å². The molecule has 2 fully saturated rings. The second kappa shape index (κ2) is 12.0. The van der Waals surface area contributed by atoms with Gasteiger partial charge in [0.25, 0.3) is 0 Å². The van der Waals surface area contributed by atoms with Crippen molar-refractivity contribution in [3.8, 4) is 5.75 Å². The smallest absolute Gasteiger partial charge is 0.126 e. The average Bonchev–Trinajstić information content (AvgIpc) is 3.40. The number of methoxy groups -OCH3 is 1. The third-order valence-corrected chi connectivity index (χ3v) is 9.29. The van der Waals surface area contributed by atoms with Gasteiger partial charge in [-0.2, -0.15) is 11.8 Å². The fraction of sp³-hybridized carbons (Fsp3) is 0.667. The van der Waals surface area contributed by atoms with E-state index in [1.807, 2.05) is 12.1 Å². The molecule has 1 atom stereocenters. The first-order valence-corrected chi connectivity index (χ1v) is 13.8. The molecule has 1 aliphatic carbocycles. The number of halogens is 1. The van der Waals surface area contributed by atoms with Crippen molar-refractivity contribution in [2.24, 2.45) is 5.41 Å². The van der Waals surface area contributed by atoms with Crippen molar-refractivity contribution in [2.45, 2.75) is 69.4 Å². The third-order valence-electron chi connectivity index (χ3n) is 7.93. The predicted molar refractivity (Wildman–Crippen MR) is 137 cm³/mol. The minimum absolute atomic E-state index is 0.0994. The van der Waals surface area contributed by atoms with Crippen LogP contribution in [0, 0.1) is 5.41 Å². The Morgan fingerprint density at radius 2 is 2.00 bits per heavy atom. The topological polar surface area (TPSA) is 65.8 Å². The van der Waals surface area contributed by atoms with Crippen LogP contribution in [0.1, 0.15) is 68.7 Å². The number of alkyl halides is 1. The lowest BCUT2D eigenvalue weighted by molar-refractivity contribution is 0.0322. The van der Waals surface area contributed by atoms with Gasteiger partial charge in [0.2, 0.25) is 0 Å². The summed E-state index contributed by atoms with van der Waals surface area (Å²) in [7, 11) is 1.59. The van der Waals surface area contributed by atoms with Gasteiger partial charge in [0.1, 0.15) is 11.9 Å². The van der Waals surface area contributed by atoms with Crippen LogP contribution in [-0.2, 0) is 6.61 Å². The van der Waals surface area contributed by atoms with Crippen LogP contribution in [-0.4, -0.2) is 64.5 Å². The highest BCUT2D eigenvalue weighted by molar-refractivity contribution is 7.99. The zero-order valence-corrected chi connectivity index (χ0v) is 21.2. The Kier molecular flexibility index (Phi) is 9.08. The first kappa shape index (κ1) is 25.7. The molecule has 2 heterocycles. The highest BCUT2D eigenvalue weighted by atomic mass is 32.2. The van der Waals surface area contributed by atoms with Gasteiger partial charge in [0.05, 0.1) is 19.2 Å². The number of likely N-dealkylation sites (tertiary alicyclic amines) is 1. The number of nitrogens with zero attached hydrogens (tertiary/aromatic N) is 2. The Morgan fingerprint density at radius 1 is 1.24 bits per heavy atom. The average molecular weight is 491 g/mol. The van der Waals surface area contributed by atoms with E-state index < -0.39 is 6.17 Å². The monoisotopic (exact) mass is 490 g/mol. The number of piperidine rings is 1. The minimum Gasteiger partial charge on any atom is -0.497 e.